The van der Waals surface area contributed by atoms with Gasteiger partial charge in [0.05, 0.1) is 29.6 Å². The number of benzene rings is 2. The van der Waals surface area contributed by atoms with Crippen molar-refractivity contribution in [1.82, 2.24) is 0 Å². The second kappa shape index (κ2) is 11.3. The van der Waals surface area contributed by atoms with Crippen molar-refractivity contribution >= 4 is 18.0 Å². The third kappa shape index (κ3) is 5.49. The summed E-state index contributed by atoms with van der Waals surface area (Å²) >= 11 is 0.963. The summed E-state index contributed by atoms with van der Waals surface area (Å²) < 4.78 is 27.2. The van der Waals surface area contributed by atoms with E-state index in [1.807, 2.05) is 0 Å². The van der Waals surface area contributed by atoms with Crippen molar-refractivity contribution in [2.45, 2.75) is 74.1 Å². The van der Waals surface area contributed by atoms with Crippen LogP contribution in [0.2, 0.25) is 0 Å². The van der Waals surface area contributed by atoms with E-state index in [1.54, 1.807) is 31.2 Å². The van der Waals surface area contributed by atoms with E-state index in [2.05, 4.69) is 0 Å². The molecular formula is C26H31FO7S. The number of ether oxygens (including phenoxy) is 2. The molecule has 0 spiro atoms. The predicted octanol–water partition coefficient (Wildman–Crippen LogP) is 2.75. The Kier molecular flexibility index (Phi) is 8.34. The van der Waals surface area contributed by atoms with E-state index >= 15 is 0 Å². The number of hydrogen-bond donors (Lipinski definition) is 4. The molecule has 2 aromatic rings. The van der Waals surface area contributed by atoms with Crippen LogP contribution in [0.4, 0.5) is 4.39 Å². The fourth-order valence-electron chi connectivity index (χ4n) is 4.67. The maximum absolute atomic E-state index is 14.8. The molecule has 1 heterocycles. The van der Waals surface area contributed by atoms with E-state index in [0.717, 1.165) is 43.0 Å². The Bertz CT molecular complexity index is 1020. The summed E-state index contributed by atoms with van der Waals surface area (Å²) in [5, 5.41) is 39.9. The summed E-state index contributed by atoms with van der Waals surface area (Å²) in [6, 6.07) is 8.03. The lowest BCUT2D eigenvalue weighted by atomic mass is 9.96. The molecule has 2 aromatic carbocycles. The number of rotatable bonds is 8. The normalized spacial score (nSPS) is 27.1. The van der Waals surface area contributed by atoms with E-state index in [0.29, 0.717) is 23.2 Å². The van der Waals surface area contributed by atoms with Gasteiger partial charge in [-0.3, -0.25) is 4.79 Å². The van der Waals surface area contributed by atoms with E-state index in [1.165, 1.54) is 6.07 Å². The van der Waals surface area contributed by atoms with Crippen LogP contribution in [0, 0.1) is 12.7 Å². The standard InChI is InChI=1S/C26H31FO7S/c1-14-5-4-8-19(27)17(14)11-18-20(33-16-6-2-3-7-16)10-9-15(12-28)25(18)34-26-24(32)23(31)22(30)21(13-29)35-26/h4-5,8-10,12,16,21-24,26,29-32H,2-3,6-7,11,13H2,1H3/t21?,22-,23+,24-,26-/m1/s1. The number of halogens is 1. The summed E-state index contributed by atoms with van der Waals surface area (Å²) in [5.41, 5.74) is 0.708. The van der Waals surface area contributed by atoms with E-state index in [-0.39, 0.29) is 23.8 Å². The zero-order chi connectivity index (χ0) is 25.1. The number of carbonyl (C=O) groups excluding carboxylic acids is 1. The van der Waals surface area contributed by atoms with Crippen molar-refractivity contribution < 1.29 is 39.1 Å². The smallest absolute Gasteiger partial charge is 0.173 e. The van der Waals surface area contributed by atoms with Gasteiger partial charge in [0.25, 0.3) is 0 Å². The average molecular weight is 507 g/mol. The average Bonchev–Trinajstić information content (AvgIpc) is 3.36. The maximum Gasteiger partial charge on any atom is 0.173 e. The monoisotopic (exact) mass is 506 g/mol. The first-order chi connectivity index (χ1) is 16.8. The Balaban J connectivity index is 1.77. The van der Waals surface area contributed by atoms with Crippen LogP contribution in [0.15, 0.2) is 30.3 Å². The number of aliphatic hydroxyl groups is 4. The molecule has 0 radical (unpaired) electrons. The molecular weight excluding hydrogens is 475 g/mol. The lowest BCUT2D eigenvalue weighted by molar-refractivity contribution is -0.0910. The fraction of sp³-hybridized carbons (Fsp3) is 0.500. The number of carbonyl (C=O) groups is 1. The largest absolute Gasteiger partial charge is 0.490 e. The molecule has 2 aliphatic rings. The van der Waals surface area contributed by atoms with Gasteiger partial charge in [0.15, 0.2) is 11.7 Å². The summed E-state index contributed by atoms with van der Waals surface area (Å²) in [5.74, 6) is 0.190. The molecule has 1 saturated heterocycles. The molecule has 9 heteroatoms. The van der Waals surface area contributed by atoms with Gasteiger partial charge in [-0.1, -0.05) is 12.1 Å². The Labute approximate surface area is 207 Å². The molecule has 4 N–H and O–H groups in total. The van der Waals surface area contributed by atoms with Crippen LogP contribution < -0.4 is 9.47 Å². The number of aryl methyl sites for hydroxylation is 1. The van der Waals surface area contributed by atoms with E-state index in [4.69, 9.17) is 9.47 Å². The molecule has 1 aliphatic heterocycles. The van der Waals surface area contributed by atoms with Crippen molar-refractivity contribution in [3.63, 3.8) is 0 Å². The molecule has 2 fully saturated rings. The number of thioether (sulfide) groups is 1. The molecule has 190 valence electrons. The quantitative estimate of drug-likeness (QED) is 0.404. The van der Waals surface area contributed by atoms with Crippen LogP contribution in [0.3, 0.4) is 0 Å². The molecule has 0 amide bonds. The van der Waals surface area contributed by atoms with Gasteiger partial charge in [0, 0.05) is 12.0 Å². The minimum absolute atomic E-state index is 0.00390. The second-order valence-corrected chi connectivity index (χ2v) is 10.5. The van der Waals surface area contributed by atoms with Gasteiger partial charge in [-0.2, -0.15) is 0 Å². The second-order valence-electron chi connectivity index (χ2n) is 9.13. The fourth-order valence-corrected chi connectivity index (χ4v) is 5.90. The number of aliphatic hydroxyl groups excluding tert-OH is 4. The molecule has 0 bridgehead atoms. The molecule has 5 atom stereocenters. The SMILES string of the molecule is Cc1cccc(F)c1Cc1c(OC2CCCC2)ccc(C=O)c1O[C@@H]1SC(CO)[C@@H](O)[C@H](O)[C@H]1O. The molecule has 1 unspecified atom stereocenters. The first kappa shape index (κ1) is 25.9. The summed E-state index contributed by atoms with van der Waals surface area (Å²) in [4.78, 5) is 12.0. The molecule has 1 saturated carbocycles. The first-order valence-electron chi connectivity index (χ1n) is 11.8. The van der Waals surface area contributed by atoms with Gasteiger partial charge in [-0.15, -0.1) is 11.8 Å². The summed E-state index contributed by atoms with van der Waals surface area (Å²) in [7, 11) is 0. The Morgan fingerprint density at radius 3 is 2.43 bits per heavy atom. The van der Waals surface area contributed by atoms with Gasteiger partial charge >= 0.3 is 0 Å². The van der Waals surface area contributed by atoms with Crippen molar-refractivity contribution in [2.75, 3.05) is 6.61 Å². The Hall–Kier alpha value is -2.17. The van der Waals surface area contributed by atoms with Crippen molar-refractivity contribution in [3.8, 4) is 11.5 Å². The number of aldehydes is 1. The van der Waals surface area contributed by atoms with Gasteiger partial charge in [-0.25, -0.2) is 4.39 Å². The highest BCUT2D eigenvalue weighted by Crippen LogP contribution is 2.41. The van der Waals surface area contributed by atoms with Crippen LogP contribution in [0.25, 0.3) is 0 Å². The molecule has 1 aliphatic carbocycles. The third-order valence-corrected chi connectivity index (χ3v) is 8.18. The van der Waals surface area contributed by atoms with Gasteiger partial charge in [0.1, 0.15) is 29.5 Å². The molecule has 35 heavy (non-hydrogen) atoms. The highest BCUT2D eigenvalue weighted by Gasteiger charge is 2.45. The zero-order valence-corrected chi connectivity index (χ0v) is 20.3. The lowest BCUT2D eigenvalue weighted by Gasteiger charge is -2.39. The van der Waals surface area contributed by atoms with E-state index in [9.17, 15) is 29.6 Å². The predicted molar refractivity (Wildman–Crippen MR) is 130 cm³/mol. The van der Waals surface area contributed by atoms with Crippen molar-refractivity contribution in [1.29, 1.82) is 0 Å². The number of hydrogen-bond acceptors (Lipinski definition) is 8. The zero-order valence-electron chi connectivity index (χ0n) is 19.5. The van der Waals surface area contributed by atoms with Gasteiger partial charge < -0.3 is 29.9 Å². The highest BCUT2D eigenvalue weighted by atomic mass is 32.2. The topological polar surface area (TPSA) is 116 Å². The van der Waals surface area contributed by atoms with Crippen LogP contribution in [0.5, 0.6) is 11.5 Å². The van der Waals surface area contributed by atoms with Crippen LogP contribution in [-0.4, -0.2) is 68.4 Å². The van der Waals surface area contributed by atoms with Gasteiger partial charge in [0.2, 0.25) is 0 Å². The summed E-state index contributed by atoms with van der Waals surface area (Å²) in [6.07, 6.45) is 0.200. The third-order valence-electron chi connectivity index (χ3n) is 6.76. The van der Waals surface area contributed by atoms with Crippen LogP contribution >= 0.6 is 11.8 Å². The summed E-state index contributed by atoms with van der Waals surface area (Å²) in [6.45, 7) is 1.35. The first-order valence-corrected chi connectivity index (χ1v) is 12.8. The van der Waals surface area contributed by atoms with Crippen molar-refractivity contribution in [2.24, 2.45) is 0 Å². The Morgan fingerprint density at radius 1 is 1.03 bits per heavy atom. The van der Waals surface area contributed by atoms with Gasteiger partial charge in [-0.05, 0) is 61.9 Å². The van der Waals surface area contributed by atoms with Crippen molar-refractivity contribution in [3.05, 3.63) is 58.4 Å². The highest BCUT2D eigenvalue weighted by molar-refractivity contribution is 8.00. The molecule has 4 rings (SSSR count). The van der Waals surface area contributed by atoms with Crippen LogP contribution in [0.1, 0.15) is 52.7 Å². The minimum Gasteiger partial charge on any atom is -0.490 e. The van der Waals surface area contributed by atoms with E-state index < -0.39 is 41.4 Å². The molecule has 0 aromatic heterocycles. The Morgan fingerprint density at radius 2 is 1.77 bits per heavy atom. The maximum atomic E-state index is 14.8. The van der Waals surface area contributed by atoms with Crippen LogP contribution in [-0.2, 0) is 6.42 Å². The minimum atomic E-state index is -1.55. The molecule has 7 nitrogen and oxygen atoms in total. The lowest BCUT2D eigenvalue weighted by Crippen LogP contribution is -2.55.